The Morgan fingerprint density at radius 3 is 2.62 bits per heavy atom. The van der Waals surface area contributed by atoms with Crippen molar-refractivity contribution in [3.63, 3.8) is 0 Å². The van der Waals surface area contributed by atoms with Gasteiger partial charge in [0, 0.05) is 16.0 Å². The summed E-state index contributed by atoms with van der Waals surface area (Å²) in [5.74, 6) is 0. The van der Waals surface area contributed by atoms with E-state index in [1.807, 2.05) is 36.7 Å². The Bertz CT molecular complexity index is 520. The summed E-state index contributed by atoms with van der Waals surface area (Å²) in [7, 11) is 0. The highest BCUT2D eigenvalue weighted by Gasteiger charge is 2.08. The molecule has 0 radical (unpaired) electrons. The van der Waals surface area contributed by atoms with Crippen LogP contribution in [0.4, 0.5) is 0 Å². The molecule has 0 unspecified atom stereocenters. The minimum Gasteiger partial charge on any atom is -0.238 e. The van der Waals surface area contributed by atoms with Gasteiger partial charge in [0.05, 0.1) is 11.4 Å². The summed E-state index contributed by atoms with van der Waals surface area (Å²) in [6, 6.07) is 7.91. The molecule has 0 atom stereocenters. The summed E-state index contributed by atoms with van der Waals surface area (Å²) in [5, 5.41) is 5.99. The maximum absolute atomic E-state index is 5.98. The number of hydrogen-bond donors (Lipinski definition) is 0. The quantitative estimate of drug-likeness (QED) is 0.765. The van der Waals surface area contributed by atoms with Gasteiger partial charge in [0.2, 0.25) is 0 Å². The molecule has 84 valence electrons. The molecule has 1 aromatic carbocycles. The highest BCUT2D eigenvalue weighted by molar-refractivity contribution is 9.08. The van der Waals surface area contributed by atoms with Crippen molar-refractivity contribution < 1.29 is 0 Å². The molecule has 0 aliphatic carbocycles. The molecule has 0 saturated heterocycles. The molecule has 0 saturated carbocycles. The van der Waals surface area contributed by atoms with Crippen LogP contribution in [-0.4, -0.2) is 9.78 Å². The predicted octanol–water partition coefficient (Wildman–Crippen LogP) is 4.04. The second kappa shape index (κ2) is 4.60. The molecule has 0 fully saturated rings. The number of aromatic nitrogens is 2. The maximum Gasteiger partial charge on any atom is 0.0690 e. The van der Waals surface area contributed by atoms with Crippen molar-refractivity contribution in [3.05, 3.63) is 46.2 Å². The van der Waals surface area contributed by atoms with E-state index in [1.54, 1.807) is 0 Å². The van der Waals surface area contributed by atoms with E-state index in [0.29, 0.717) is 0 Å². The van der Waals surface area contributed by atoms with Crippen LogP contribution in [-0.2, 0) is 5.33 Å². The van der Waals surface area contributed by atoms with Crippen LogP contribution in [0.15, 0.2) is 24.3 Å². The van der Waals surface area contributed by atoms with E-state index in [9.17, 15) is 0 Å². The third-order valence-corrected chi connectivity index (χ3v) is 3.26. The van der Waals surface area contributed by atoms with Gasteiger partial charge in [0.25, 0.3) is 0 Å². The predicted molar refractivity (Wildman–Crippen MR) is 70.7 cm³/mol. The van der Waals surface area contributed by atoms with Crippen molar-refractivity contribution in [2.75, 3.05) is 0 Å². The fraction of sp³-hybridized carbons (Fsp3) is 0.250. The number of aryl methyl sites for hydroxylation is 2. The lowest BCUT2D eigenvalue weighted by Gasteiger charge is -2.09. The Kier molecular flexibility index (Phi) is 3.36. The van der Waals surface area contributed by atoms with E-state index >= 15 is 0 Å². The van der Waals surface area contributed by atoms with Gasteiger partial charge in [-0.15, -0.1) is 0 Å². The normalized spacial score (nSPS) is 10.8. The number of rotatable bonds is 2. The lowest BCUT2D eigenvalue weighted by atomic mass is 10.2. The van der Waals surface area contributed by atoms with Crippen LogP contribution >= 0.6 is 27.5 Å². The zero-order valence-corrected chi connectivity index (χ0v) is 11.5. The van der Waals surface area contributed by atoms with Crippen molar-refractivity contribution in [2.45, 2.75) is 19.2 Å². The van der Waals surface area contributed by atoms with Gasteiger partial charge in [0.1, 0.15) is 0 Å². The lowest BCUT2D eigenvalue weighted by Crippen LogP contribution is -2.02. The molecule has 2 aromatic rings. The fourth-order valence-corrected chi connectivity index (χ4v) is 2.38. The van der Waals surface area contributed by atoms with Crippen LogP contribution in [0.1, 0.15) is 17.0 Å². The van der Waals surface area contributed by atoms with Crippen LogP contribution in [0.3, 0.4) is 0 Å². The van der Waals surface area contributed by atoms with Crippen LogP contribution in [0.25, 0.3) is 5.69 Å². The first-order chi connectivity index (χ1) is 7.61. The average molecular weight is 300 g/mol. The van der Waals surface area contributed by atoms with Crippen molar-refractivity contribution in [3.8, 4) is 5.69 Å². The van der Waals surface area contributed by atoms with Gasteiger partial charge < -0.3 is 0 Å². The first kappa shape index (κ1) is 11.7. The Morgan fingerprint density at radius 1 is 1.31 bits per heavy atom. The molecule has 0 aliphatic rings. The summed E-state index contributed by atoms with van der Waals surface area (Å²) >= 11 is 9.45. The molecule has 2 nitrogen and oxygen atoms in total. The van der Waals surface area contributed by atoms with Crippen LogP contribution in [0, 0.1) is 13.8 Å². The Hall–Kier alpha value is -0.800. The third-order valence-electron chi connectivity index (χ3n) is 2.42. The first-order valence-corrected chi connectivity index (χ1v) is 6.50. The number of benzene rings is 1. The highest BCUT2D eigenvalue weighted by atomic mass is 79.9. The summed E-state index contributed by atoms with van der Waals surface area (Å²) in [5.41, 5.74) is 4.36. The Labute approximate surface area is 108 Å². The smallest absolute Gasteiger partial charge is 0.0690 e. The summed E-state index contributed by atoms with van der Waals surface area (Å²) in [6.07, 6.45) is 0. The minimum absolute atomic E-state index is 0.750. The Morgan fingerprint density at radius 2 is 2.06 bits per heavy atom. The average Bonchev–Trinajstić information content (AvgIpc) is 2.57. The molecule has 4 heteroatoms. The standard InChI is InChI=1S/C12H12BrClN2/c1-8-5-9(2)16(15-8)12-4-3-11(14)6-10(12)7-13/h3-6H,7H2,1-2H3. The van der Waals surface area contributed by atoms with Crippen molar-refractivity contribution in [1.29, 1.82) is 0 Å². The molecule has 0 aliphatic heterocycles. The van der Waals surface area contributed by atoms with E-state index in [1.165, 1.54) is 0 Å². The molecular formula is C12H12BrClN2. The SMILES string of the molecule is Cc1cc(C)n(-c2ccc(Cl)cc2CBr)n1. The highest BCUT2D eigenvalue weighted by Crippen LogP contribution is 2.23. The zero-order chi connectivity index (χ0) is 11.7. The van der Waals surface area contributed by atoms with Gasteiger partial charge in [0.15, 0.2) is 0 Å². The molecule has 0 amide bonds. The molecule has 0 N–H and O–H groups in total. The van der Waals surface area contributed by atoms with E-state index < -0.39 is 0 Å². The molecule has 0 bridgehead atoms. The van der Waals surface area contributed by atoms with Crippen molar-refractivity contribution >= 4 is 27.5 Å². The second-order valence-corrected chi connectivity index (χ2v) is 4.74. The zero-order valence-electron chi connectivity index (χ0n) is 9.17. The monoisotopic (exact) mass is 298 g/mol. The van der Waals surface area contributed by atoms with Gasteiger partial charge in [-0.25, -0.2) is 4.68 Å². The Balaban J connectivity index is 2.59. The molecule has 0 spiro atoms. The van der Waals surface area contributed by atoms with E-state index in [2.05, 4.69) is 27.1 Å². The lowest BCUT2D eigenvalue weighted by molar-refractivity contribution is 0.827. The first-order valence-electron chi connectivity index (χ1n) is 5.00. The van der Waals surface area contributed by atoms with Crippen LogP contribution < -0.4 is 0 Å². The van der Waals surface area contributed by atoms with E-state index in [0.717, 1.165) is 33.0 Å². The van der Waals surface area contributed by atoms with Crippen molar-refractivity contribution in [2.24, 2.45) is 0 Å². The topological polar surface area (TPSA) is 17.8 Å². The maximum atomic E-state index is 5.98. The van der Waals surface area contributed by atoms with Crippen LogP contribution in [0.2, 0.25) is 5.02 Å². The number of halogens is 2. The molecule has 1 aromatic heterocycles. The van der Waals surface area contributed by atoms with Gasteiger partial charge in [-0.05, 0) is 43.7 Å². The van der Waals surface area contributed by atoms with E-state index in [-0.39, 0.29) is 0 Å². The van der Waals surface area contributed by atoms with E-state index in [4.69, 9.17) is 11.6 Å². The van der Waals surface area contributed by atoms with Gasteiger partial charge in [-0.3, -0.25) is 0 Å². The molecule has 1 heterocycles. The third kappa shape index (κ3) is 2.15. The summed E-state index contributed by atoms with van der Waals surface area (Å²) in [6.45, 7) is 4.04. The molecular weight excluding hydrogens is 288 g/mol. The fourth-order valence-electron chi connectivity index (χ4n) is 1.74. The van der Waals surface area contributed by atoms with Gasteiger partial charge in [-0.1, -0.05) is 27.5 Å². The summed E-state index contributed by atoms with van der Waals surface area (Å²) in [4.78, 5) is 0. The van der Waals surface area contributed by atoms with Crippen LogP contribution in [0.5, 0.6) is 0 Å². The summed E-state index contributed by atoms with van der Waals surface area (Å²) < 4.78 is 1.95. The van der Waals surface area contributed by atoms with Gasteiger partial charge in [-0.2, -0.15) is 5.10 Å². The largest absolute Gasteiger partial charge is 0.238 e. The second-order valence-electron chi connectivity index (χ2n) is 3.75. The molecule has 16 heavy (non-hydrogen) atoms. The number of alkyl halides is 1. The van der Waals surface area contributed by atoms with Gasteiger partial charge >= 0.3 is 0 Å². The number of hydrogen-bond acceptors (Lipinski definition) is 1. The van der Waals surface area contributed by atoms with Crippen molar-refractivity contribution in [1.82, 2.24) is 9.78 Å². The minimum atomic E-state index is 0.750. The number of nitrogens with zero attached hydrogens (tertiary/aromatic N) is 2. The molecule has 2 rings (SSSR count).